The summed E-state index contributed by atoms with van der Waals surface area (Å²) >= 11 is 0. The van der Waals surface area contributed by atoms with Crippen molar-refractivity contribution < 1.29 is 20.1 Å². The van der Waals surface area contributed by atoms with E-state index in [0.717, 1.165) is 40.7 Å². The van der Waals surface area contributed by atoms with Crippen molar-refractivity contribution in [1.82, 2.24) is 0 Å². The lowest BCUT2D eigenvalue weighted by molar-refractivity contribution is 0.0285. The smallest absolute Gasteiger partial charge is 0.121 e. The minimum Gasteiger partial charge on any atom is -0.507 e. The highest BCUT2D eigenvalue weighted by atomic mass is 16.5. The molecule has 0 aliphatic carbocycles. The van der Waals surface area contributed by atoms with E-state index in [0.29, 0.717) is 19.4 Å². The van der Waals surface area contributed by atoms with Gasteiger partial charge in [-0.05, 0) is 66.3 Å². The average Bonchev–Trinajstić information content (AvgIpc) is 2.72. The molecule has 0 fully saturated rings. The van der Waals surface area contributed by atoms with E-state index < -0.39 is 12.2 Å². The molecule has 0 amide bonds. The van der Waals surface area contributed by atoms with E-state index in [1.807, 2.05) is 62.4 Å². The third-order valence-corrected chi connectivity index (χ3v) is 5.00. The van der Waals surface area contributed by atoms with Crippen molar-refractivity contribution in [3.8, 4) is 5.75 Å². The van der Waals surface area contributed by atoms with Crippen LogP contribution in [0.5, 0.6) is 5.75 Å². The highest BCUT2D eigenvalue weighted by Gasteiger charge is 2.11. The first-order valence-electron chi connectivity index (χ1n) is 10.6. The molecule has 0 aliphatic heterocycles. The van der Waals surface area contributed by atoms with Crippen LogP contribution in [0.25, 0.3) is 0 Å². The Morgan fingerprint density at radius 2 is 1.77 bits per heavy atom. The van der Waals surface area contributed by atoms with Gasteiger partial charge in [0.2, 0.25) is 0 Å². The molecule has 2 atom stereocenters. The zero-order valence-electron chi connectivity index (χ0n) is 18.3. The lowest BCUT2D eigenvalue weighted by Crippen LogP contribution is -2.16. The Balaban J connectivity index is 1.91. The number of aliphatic hydroxyl groups is 2. The molecule has 0 aliphatic rings. The summed E-state index contributed by atoms with van der Waals surface area (Å²) in [5, 5.41) is 30.7. The fraction of sp³-hybridized carbons (Fsp3) is 0.423. The van der Waals surface area contributed by atoms with Gasteiger partial charge in [0.25, 0.3) is 0 Å². The van der Waals surface area contributed by atoms with Gasteiger partial charge in [-0.1, -0.05) is 43.7 Å². The van der Waals surface area contributed by atoms with E-state index in [-0.39, 0.29) is 12.4 Å². The van der Waals surface area contributed by atoms with Gasteiger partial charge in [-0.25, -0.2) is 0 Å². The van der Waals surface area contributed by atoms with Crippen molar-refractivity contribution in [3.05, 3.63) is 82.1 Å². The topological polar surface area (TPSA) is 69.9 Å². The van der Waals surface area contributed by atoms with Crippen LogP contribution in [0.2, 0.25) is 0 Å². The first kappa shape index (κ1) is 23.9. The Labute approximate surface area is 180 Å². The first-order valence-corrected chi connectivity index (χ1v) is 10.6. The van der Waals surface area contributed by atoms with Crippen LogP contribution in [0.1, 0.15) is 61.0 Å². The molecule has 2 rings (SSSR count). The number of aliphatic hydroxyl groups excluding tert-OH is 2. The number of benzene rings is 2. The lowest BCUT2D eigenvalue weighted by Gasteiger charge is -2.13. The summed E-state index contributed by atoms with van der Waals surface area (Å²) in [5.74, 6) is 0.273. The van der Waals surface area contributed by atoms with Crippen molar-refractivity contribution >= 4 is 0 Å². The average molecular weight is 411 g/mol. The van der Waals surface area contributed by atoms with Crippen molar-refractivity contribution in [2.24, 2.45) is 0 Å². The standard InChI is InChI=1S/C26H34O4/c1-4-9-21(16-24(27)18-30-17-22-10-6-5-7-11-22)12-8-13-25(28)23-14-19(2)26(29)20(3)15-23/h5-8,10-11,14-15,24-25,27-29H,4,9,13,16-18H2,1-3H3/t12?,24-,25-/m1/s1. The molecule has 0 bridgehead atoms. The number of hydrogen-bond acceptors (Lipinski definition) is 4. The highest BCUT2D eigenvalue weighted by Crippen LogP contribution is 2.27. The number of hydrogen-bond donors (Lipinski definition) is 3. The summed E-state index contributed by atoms with van der Waals surface area (Å²) in [6.07, 6.45) is 3.35. The monoisotopic (exact) mass is 410 g/mol. The highest BCUT2D eigenvalue weighted by molar-refractivity contribution is 5.42. The predicted molar refractivity (Wildman–Crippen MR) is 120 cm³/mol. The molecule has 2 aromatic carbocycles. The van der Waals surface area contributed by atoms with E-state index in [1.165, 1.54) is 0 Å². The van der Waals surface area contributed by atoms with Crippen LogP contribution in [0.3, 0.4) is 0 Å². The van der Waals surface area contributed by atoms with Gasteiger partial charge in [0.1, 0.15) is 5.75 Å². The number of aromatic hydroxyl groups is 1. The molecule has 0 saturated carbocycles. The van der Waals surface area contributed by atoms with Crippen molar-refractivity contribution in [1.29, 1.82) is 0 Å². The van der Waals surface area contributed by atoms with Gasteiger partial charge in [0.05, 0.1) is 25.4 Å². The third-order valence-electron chi connectivity index (χ3n) is 5.00. The fourth-order valence-electron chi connectivity index (χ4n) is 3.40. The summed E-state index contributed by atoms with van der Waals surface area (Å²) in [6, 6.07) is 13.5. The second-order valence-corrected chi connectivity index (χ2v) is 7.82. The summed E-state index contributed by atoms with van der Waals surface area (Å²) in [6.45, 7) is 6.51. The van der Waals surface area contributed by atoms with Crippen LogP contribution >= 0.6 is 0 Å². The Kier molecular flexibility index (Phi) is 9.85. The molecular formula is C26H34O4. The Morgan fingerprint density at radius 1 is 1.10 bits per heavy atom. The Hall–Kier alpha value is -2.36. The van der Waals surface area contributed by atoms with Crippen molar-refractivity contribution in [2.75, 3.05) is 6.61 Å². The molecular weight excluding hydrogens is 376 g/mol. The van der Waals surface area contributed by atoms with Crippen LogP contribution in [0.4, 0.5) is 0 Å². The molecule has 0 aromatic heterocycles. The Morgan fingerprint density at radius 3 is 2.40 bits per heavy atom. The van der Waals surface area contributed by atoms with Gasteiger partial charge in [-0.2, -0.15) is 0 Å². The molecule has 4 nitrogen and oxygen atoms in total. The summed E-state index contributed by atoms with van der Waals surface area (Å²) < 4.78 is 5.63. The molecule has 0 spiro atoms. The van der Waals surface area contributed by atoms with Gasteiger partial charge in [-0.3, -0.25) is 0 Å². The number of phenols is 1. The third kappa shape index (κ3) is 7.81. The zero-order chi connectivity index (χ0) is 21.9. The normalized spacial score (nSPS) is 12.8. The maximum absolute atomic E-state index is 10.5. The number of rotatable bonds is 11. The van der Waals surface area contributed by atoms with E-state index in [4.69, 9.17) is 4.74 Å². The van der Waals surface area contributed by atoms with Crippen LogP contribution in [-0.4, -0.2) is 28.0 Å². The maximum Gasteiger partial charge on any atom is 0.121 e. The number of phenolic OH excluding ortho intramolecular Hbond substituents is 1. The summed E-state index contributed by atoms with van der Waals surface area (Å²) in [4.78, 5) is 0. The van der Waals surface area contributed by atoms with Crippen LogP contribution in [0, 0.1) is 13.8 Å². The molecule has 0 saturated heterocycles. The quantitative estimate of drug-likeness (QED) is 0.441. The molecule has 4 heteroatoms. The first-order chi connectivity index (χ1) is 14.4. The van der Waals surface area contributed by atoms with Crippen LogP contribution in [0.15, 0.2) is 59.8 Å². The molecule has 0 radical (unpaired) electrons. The van der Waals surface area contributed by atoms with E-state index in [2.05, 4.69) is 12.7 Å². The Bertz CT molecular complexity index is 828. The fourth-order valence-corrected chi connectivity index (χ4v) is 3.40. The molecule has 0 unspecified atom stereocenters. The second-order valence-electron chi connectivity index (χ2n) is 7.82. The van der Waals surface area contributed by atoms with Gasteiger partial charge >= 0.3 is 0 Å². The zero-order valence-corrected chi connectivity index (χ0v) is 18.3. The minimum atomic E-state index is -0.655. The molecule has 162 valence electrons. The van der Waals surface area contributed by atoms with E-state index in [9.17, 15) is 15.3 Å². The van der Waals surface area contributed by atoms with E-state index >= 15 is 0 Å². The van der Waals surface area contributed by atoms with Gasteiger partial charge in [0.15, 0.2) is 0 Å². The van der Waals surface area contributed by atoms with Gasteiger partial charge < -0.3 is 20.1 Å². The second kappa shape index (κ2) is 12.4. The molecule has 0 heterocycles. The molecule has 2 aromatic rings. The van der Waals surface area contributed by atoms with E-state index in [1.54, 1.807) is 0 Å². The van der Waals surface area contributed by atoms with Crippen LogP contribution < -0.4 is 0 Å². The largest absolute Gasteiger partial charge is 0.507 e. The lowest BCUT2D eigenvalue weighted by atomic mass is 9.99. The van der Waals surface area contributed by atoms with Gasteiger partial charge in [0, 0.05) is 12.8 Å². The summed E-state index contributed by atoms with van der Waals surface area (Å²) in [5.41, 5.74) is 7.68. The summed E-state index contributed by atoms with van der Waals surface area (Å²) in [7, 11) is 0. The number of aryl methyl sites for hydroxylation is 2. The number of ether oxygens (including phenoxy) is 1. The van der Waals surface area contributed by atoms with Crippen molar-refractivity contribution in [3.63, 3.8) is 0 Å². The van der Waals surface area contributed by atoms with Crippen LogP contribution in [-0.2, 0) is 11.3 Å². The molecule has 30 heavy (non-hydrogen) atoms. The van der Waals surface area contributed by atoms with Crippen molar-refractivity contribution in [2.45, 2.75) is 65.3 Å². The van der Waals surface area contributed by atoms with Gasteiger partial charge in [-0.15, -0.1) is 5.73 Å². The molecule has 3 N–H and O–H groups in total. The SMILES string of the molecule is CCCC(=C=CC[C@@H](O)c1cc(C)c(O)c(C)c1)C[C@@H](O)COCc1ccccc1. The predicted octanol–water partition coefficient (Wildman–Crippen LogP) is 5.28. The maximum atomic E-state index is 10.5. The minimum absolute atomic E-state index is 0.273.